The van der Waals surface area contributed by atoms with E-state index < -0.39 is 76.8 Å². The highest BCUT2D eigenvalue weighted by atomic mass is 31.2. The number of anilines is 2. The van der Waals surface area contributed by atoms with Gasteiger partial charge >= 0.3 is 7.82 Å². The predicted molar refractivity (Wildman–Crippen MR) is 141 cm³/mol. The number of imidazole rings is 2. The summed E-state index contributed by atoms with van der Waals surface area (Å²) in [5.41, 5.74) is 10.1. The van der Waals surface area contributed by atoms with E-state index in [0.717, 1.165) is 0 Å². The summed E-state index contributed by atoms with van der Waals surface area (Å²) < 4.78 is 61.4. The number of nitrogens with one attached hydrogen (secondary N) is 2. The summed E-state index contributed by atoms with van der Waals surface area (Å²) in [5, 5.41) is 0. The molecule has 44 heavy (non-hydrogen) atoms. The number of nitrogens with zero attached hydrogens (tertiary/aromatic N) is 6. The second-order valence-electron chi connectivity index (χ2n) is 10.1. The fourth-order valence-corrected chi connectivity index (χ4v) is 7.21. The maximum atomic E-state index is 13.0. The molecule has 0 aromatic carbocycles. The van der Waals surface area contributed by atoms with Crippen molar-refractivity contribution in [2.45, 2.75) is 49.7 Å². The van der Waals surface area contributed by atoms with Gasteiger partial charge in [-0.3, -0.25) is 42.3 Å². The first-order valence-electron chi connectivity index (χ1n) is 12.9. The van der Waals surface area contributed by atoms with Crippen molar-refractivity contribution in [2.75, 3.05) is 24.7 Å². The number of nitrogens with two attached hydrogens (primary N) is 2. The third-order valence-corrected chi connectivity index (χ3v) is 9.22. The molecule has 7 heterocycles. The third-order valence-electron chi connectivity index (χ3n) is 7.21. The molecule has 8 atom stereocenters. The van der Waals surface area contributed by atoms with E-state index in [1.54, 1.807) is 0 Å². The Morgan fingerprint density at radius 2 is 1.30 bits per heavy atom. The van der Waals surface area contributed by atoms with E-state index in [0.29, 0.717) is 0 Å². The number of phosphoric ester groups is 2. The van der Waals surface area contributed by atoms with Crippen molar-refractivity contribution in [3.8, 4) is 0 Å². The van der Waals surface area contributed by atoms with Gasteiger partial charge in [0, 0.05) is 12.8 Å². The predicted octanol–water partition coefficient (Wildman–Crippen LogP) is -1.62. The molecular weight excluding hydrogens is 634 g/mol. The summed E-state index contributed by atoms with van der Waals surface area (Å²) >= 11 is 0. The van der Waals surface area contributed by atoms with Gasteiger partial charge in [-0.25, -0.2) is 14.5 Å². The average Bonchev–Trinajstić information content (AvgIpc) is 3.70. The summed E-state index contributed by atoms with van der Waals surface area (Å²) in [4.78, 5) is 68.6. The van der Waals surface area contributed by atoms with E-state index in [1.807, 2.05) is 0 Å². The van der Waals surface area contributed by atoms with Crippen LogP contribution in [0.25, 0.3) is 22.3 Å². The minimum Gasteiger partial charge on any atom is -0.756 e. The molecule has 3 aliphatic heterocycles. The molecule has 0 radical (unpaired) electrons. The van der Waals surface area contributed by atoms with E-state index in [4.69, 9.17) is 39.0 Å². The maximum Gasteiger partial charge on any atom is 0.472 e. The molecule has 4 aromatic rings. The van der Waals surface area contributed by atoms with Crippen LogP contribution in [-0.2, 0) is 36.7 Å². The van der Waals surface area contributed by atoms with Crippen LogP contribution >= 0.6 is 15.6 Å². The van der Waals surface area contributed by atoms with E-state index in [2.05, 4.69) is 29.9 Å². The van der Waals surface area contributed by atoms with Crippen LogP contribution in [0.1, 0.15) is 25.3 Å². The molecule has 3 fully saturated rings. The molecule has 0 saturated carbocycles. The second kappa shape index (κ2) is 10.5. The van der Waals surface area contributed by atoms with Crippen molar-refractivity contribution in [3.05, 3.63) is 33.4 Å². The first-order chi connectivity index (χ1) is 20.9. The largest absolute Gasteiger partial charge is 0.756 e. The van der Waals surface area contributed by atoms with Crippen LogP contribution in [-0.4, -0.2) is 81.6 Å². The summed E-state index contributed by atoms with van der Waals surface area (Å²) in [7, 11) is -9.87. The van der Waals surface area contributed by atoms with E-state index in [-0.39, 0.29) is 47.1 Å². The molecule has 0 bridgehead atoms. The summed E-state index contributed by atoms with van der Waals surface area (Å²) in [6.45, 7) is -1.32. The molecule has 7 N–H and O–H groups in total. The van der Waals surface area contributed by atoms with Crippen molar-refractivity contribution in [2.24, 2.45) is 0 Å². The minimum atomic E-state index is -5.05. The van der Waals surface area contributed by atoms with Gasteiger partial charge in [-0.05, 0) is 0 Å². The van der Waals surface area contributed by atoms with Gasteiger partial charge in [-0.2, -0.15) is 9.97 Å². The van der Waals surface area contributed by atoms with Crippen molar-refractivity contribution in [1.29, 1.82) is 0 Å². The van der Waals surface area contributed by atoms with Crippen molar-refractivity contribution < 1.29 is 46.5 Å². The van der Waals surface area contributed by atoms with Crippen LogP contribution in [0.5, 0.6) is 0 Å². The van der Waals surface area contributed by atoms with Crippen LogP contribution < -0.4 is 27.5 Å². The molecule has 4 aromatic heterocycles. The quantitative estimate of drug-likeness (QED) is 0.151. The van der Waals surface area contributed by atoms with Crippen LogP contribution in [0.4, 0.5) is 11.9 Å². The number of aromatic nitrogens is 8. The Balaban J connectivity index is 1.13. The van der Waals surface area contributed by atoms with Gasteiger partial charge in [0.1, 0.15) is 30.8 Å². The number of hydrogen-bond donors (Lipinski definition) is 5. The molecular formula is C20H23N10O12P2-. The highest BCUT2D eigenvalue weighted by Gasteiger charge is 2.46. The SMILES string of the molecule is Nc1nc2c(ncn2[C@H]2C[C@@H]3OP(=O)([O-])OC[C@H]4O[C@@H](n5cnc6c(=O)[nH]c(N)nc65)C[C@@H]4OP(=O)(O)OC[C@H]3O2)c(=O)[nH]1. The summed E-state index contributed by atoms with van der Waals surface area (Å²) in [6.07, 6.45) is -4.67. The molecule has 0 amide bonds. The van der Waals surface area contributed by atoms with Gasteiger partial charge in [-0.15, -0.1) is 0 Å². The lowest BCUT2D eigenvalue weighted by molar-refractivity contribution is -0.234. The third kappa shape index (κ3) is 5.34. The standard InChI is InChI=1S/C20H24N10O12P2/c21-19-25-15-13(17(31)27-19)23-5-29(15)11-1-7-9(39-11)3-37-44(35,36)42-8-2-12(40-10(8)4-38-43(33,34)41-7)30-6-24-14-16(30)26-20(22)28-18(14)32/h5-12H,1-4H2,(H,33,34)(H,35,36)(H3,21,25,27,31)(H3,22,26,28,32)/p-1/t7-,8-,9+,10+,11+,12+/m0/s1. The molecule has 236 valence electrons. The number of ether oxygens (including phenoxy) is 2. The van der Waals surface area contributed by atoms with Gasteiger partial charge in [0.05, 0.1) is 32.0 Å². The molecule has 24 heteroatoms. The van der Waals surface area contributed by atoms with Gasteiger partial charge in [-0.1, -0.05) is 0 Å². The topological polar surface area (TPSA) is 312 Å². The second-order valence-corrected chi connectivity index (χ2v) is 12.8. The van der Waals surface area contributed by atoms with Crippen LogP contribution in [0.2, 0.25) is 0 Å². The average molecular weight is 657 g/mol. The number of nitrogen functional groups attached to an aromatic ring is 2. The van der Waals surface area contributed by atoms with Crippen LogP contribution in [0.15, 0.2) is 22.2 Å². The lowest BCUT2D eigenvalue weighted by Crippen LogP contribution is -2.34. The number of fused-ring (bicyclic) bond motifs is 4. The Bertz CT molecular complexity index is 1840. The number of rotatable bonds is 2. The van der Waals surface area contributed by atoms with Crippen LogP contribution in [0, 0.1) is 0 Å². The zero-order valence-corrected chi connectivity index (χ0v) is 23.9. The Morgan fingerprint density at radius 1 is 0.818 bits per heavy atom. The molecule has 22 nitrogen and oxygen atoms in total. The van der Waals surface area contributed by atoms with Crippen molar-refractivity contribution in [1.82, 2.24) is 39.0 Å². The fraction of sp³-hybridized carbons (Fsp3) is 0.500. The van der Waals surface area contributed by atoms with Gasteiger partial charge in [0.2, 0.25) is 11.9 Å². The Morgan fingerprint density at radius 3 is 1.82 bits per heavy atom. The smallest absolute Gasteiger partial charge is 0.472 e. The maximum absolute atomic E-state index is 13.0. The monoisotopic (exact) mass is 657 g/mol. The number of H-pyrrole nitrogens is 2. The first kappa shape index (κ1) is 29.2. The van der Waals surface area contributed by atoms with Crippen LogP contribution in [0.3, 0.4) is 0 Å². The number of phosphoric acid groups is 2. The molecule has 3 saturated heterocycles. The molecule has 2 unspecified atom stereocenters. The molecule has 0 spiro atoms. The highest BCUT2D eigenvalue weighted by Crippen LogP contribution is 2.52. The Hall–Kier alpha value is -3.56. The highest BCUT2D eigenvalue weighted by molar-refractivity contribution is 7.47. The molecule has 7 rings (SSSR count). The Labute approximate surface area is 243 Å². The zero-order chi connectivity index (χ0) is 31.0. The lowest BCUT2D eigenvalue weighted by Gasteiger charge is -2.31. The number of hydrogen-bond acceptors (Lipinski definition) is 17. The van der Waals surface area contributed by atoms with E-state index >= 15 is 0 Å². The first-order valence-corrected chi connectivity index (χ1v) is 15.9. The summed E-state index contributed by atoms with van der Waals surface area (Å²) in [5.74, 6) is -0.370. The van der Waals surface area contributed by atoms with E-state index in [9.17, 15) is 28.5 Å². The summed E-state index contributed by atoms with van der Waals surface area (Å²) in [6, 6.07) is 0. The molecule has 0 aliphatic carbocycles. The lowest BCUT2D eigenvalue weighted by atomic mass is 10.2. The van der Waals surface area contributed by atoms with Gasteiger partial charge in [0.15, 0.2) is 22.3 Å². The fourth-order valence-electron chi connectivity index (χ4n) is 5.30. The normalized spacial score (nSPS) is 34.9. The van der Waals surface area contributed by atoms with Crippen molar-refractivity contribution in [3.63, 3.8) is 0 Å². The van der Waals surface area contributed by atoms with E-state index in [1.165, 1.54) is 21.8 Å². The zero-order valence-electron chi connectivity index (χ0n) is 22.1. The van der Waals surface area contributed by atoms with Crippen molar-refractivity contribution >= 4 is 49.9 Å². The molecule has 3 aliphatic rings. The van der Waals surface area contributed by atoms with Gasteiger partial charge in [0.25, 0.3) is 18.9 Å². The number of aromatic amines is 2. The van der Waals surface area contributed by atoms with Gasteiger partial charge < -0.3 is 39.8 Å². The Kier molecular flexibility index (Phi) is 6.97. The minimum absolute atomic E-state index is 0.0425.